The van der Waals surface area contributed by atoms with Gasteiger partial charge in [-0.3, -0.25) is 9.59 Å². The number of carbonyl (C=O) groups is 1. The van der Waals surface area contributed by atoms with Gasteiger partial charge in [0.1, 0.15) is 10.7 Å². The van der Waals surface area contributed by atoms with E-state index in [0.29, 0.717) is 30.6 Å². The summed E-state index contributed by atoms with van der Waals surface area (Å²) < 4.78 is 0. The molecular formula is C21H26N4O2S2. The zero-order valence-electron chi connectivity index (χ0n) is 16.9. The minimum Gasteiger partial charge on any atom is -0.356 e. The minimum atomic E-state index is -0.113. The summed E-state index contributed by atoms with van der Waals surface area (Å²) in [6.07, 6.45) is 7.41. The monoisotopic (exact) mass is 430 g/mol. The second-order valence-corrected chi connectivity index (χ2v) is 9.99. The Hall–Kier alpha value is -2.06. The number of hydrogen-bond donors (Lipinski definition) is 2. The lowest BCUT2D eigenvalue weighted by Crippen LogP contribution is -2.25. The van der Waals surface area contributed by atoms with Gasteiger partial charge in [0.15, 0.2) is 0 Å². The molecule has 0 atom stereocenters. The first-order valence-corrected chi connectivity index (χ1v) is 11.9. The lowest BCUT2D eigenvalue weighted by molar-refractivity contribution is -0.121. The maximum absolute atomic E-state index is 12.3. The van der Waals surface area contributed by atoms with Crippen LogP contribution in [0.25, 0.3) is 10.2 Å². The molecule has 3 aromatic heterocycles. The molecule has 0 saturated heterocycles. The van der Waals surface area contributed by atoms with Gasteiger partial charge in [-0.25, -0.2) is 9.97 Å². The van der Waals surface area contributed by atoms with Crippen LogP contribution in [0.2, 0.25) is 0 Å². The number of nitrogens with one attached hydrogen (secondary N) is 2. The summed E-state index contributed by atoms with van der Waals surface area (Å²) in [5.41, 5.74) is 2.18. The highest BCUT2D eigenvalue weighted by atomic mass is 32.1. The standard InChI is InChI=1S/C21H26N4O2S2/c1-12-13(2)28-21-19(12)20(27)24-16(25-21)9-10-17(26)22-11-5-8-18-23-14-6-3-4-7-15(14)29-18/h3-11H2,1-2H3,(H,22,26)(H,24,25,27). The number of aromatic amines is 1. The Morgan fingerprint density at radius 1 is 1.14 bits per heavy atom. The predicted molar refractivity (Wildman–Crippen MR) is 118 cm³/mol. The van der Waals surface area contributed by atoms with Crippen LogP contribution in [-0.2, 0) is 30.5 Å². The number of aromatic nitrogens is 3. The van der Waals surface area contributed by atoms with E-state index in [-0.39, 0.29) is 11.5 Å². The van der Waals surface area contributed by atoms with E-state index in [2.05, 4.69) is 15.3 Å². The van der Waals surface area contributed by atoms with Gasteiger partial charge in [0.05, 0.1) is 16.1 Å². The van der Waals surface area contributed by atoms with Crippen molar-refractivity contribution >= 4 is 38.8 Å². The Bertz CT molecular complexity index is 1070. The molecule has 4 rings (SSSR count). The third-order valence-electron chi connectivity index (χ3n) is 5.46. The summed E-state index contributed by atoms with van der Waals surface area (Å²) in [7, 11) is 0. The van der Waals surface area contributed by atoms with Gasteiger partial charge in [-0.2, -0.15) is 0 Å². The van der Waals surface area contributed by atoms with Crippen LogP contribution in [0.5, 0.6) is 0 Å². The molecule has 0 bridgehead atoms. The Morgan fingerprint density at radius 2 is 1.97 bits per heavy atom. The molecule has 1 aliphatic rings. The van der Waals surface area contributed by atoms with E-state index in [9.17, 15) is 9.59 Å². The minimum absolute atomic E-state index is 0.00952. The quantitative estimate of drug-likeness (QED) is 0.561. The molecule has 0 radical (unpaired) electrons. The fourth-order valence-corrected chi connectivity index (χ4v) is 5.97. The van der Waals surface area contributed by atoms with E-state index in [4.69, 9.17) is 4.98 Å². The highest BCUT2D eigenvalue weighted by Crippen LogP contribution is 2.27. The Balaban J connectivity index is 1.23. The lowest BCUT2D eigenvalue weighted by atomic mass is 10.0. The van der Waals surface area contributed by atoms with Gasteiger partial charge in [0.25, 0.3) is 5.56 Å². The van der Waals surface area contributed by atoms with Crippen LogP contribution in [0, 0.1) is 13.8 Å². The van der Waals surface area contributed by atoms with Crippen LogP contribution in [-0.4, -0.2) is 27.4 Å². The Morgan fingerprint density at radius 3 is 2.79 bits per heavy atom. The average Bonchev–Trinajstić information content (AvgIpc) is 3.24. The van der Waals surface area contributed by atoms with Crippen LogP contribution in [0.1, 0.15) is 57.5 Å². The predicted octanol–water partition coefficient (Wildman–Crippen LogP) is 3.62. The fraction of sp³-hybridized carbons (Fsp3) is 0.524. The molecule has 29 heavy (non-hydrogen) atoms. The van der Waals surface area contributed by atoms with Crippen LogP contribution in [0.3, 0.4) is 0 Å². The maximum Gasteiger partial charge on any atom is 0.259 e. The summed E-state index contributed by atoms with van der Waals surface area (Å²) in [4.78, 5) is 39.9. The van der Waals surface area contributed by atoms with E-state index < -0.39 is 0 Å². The van der Waals surface area contributed by atoms with Crippen molar-refractivity contribution in [2.45, 2.75) is 65.2 Å². The van der Waals surface area contributed by atoms with Crippen LogP contribution < -0.4 is 10.9 Å². The molecule has 0 spiro atoms. The van der Waals surface area contributed by atoms with Crippen LogP contribution in [0.4, 0.5) is 0 Å². The van der Waals surface area contributed by atoms with Gasteiger partial charge in [-0.15, -0.1) is 22.7 Å². The van der Waals surface area contributed by atoms with Gasteiger partial charge in [0.2, 0.25) is 5.91 Å². The third-order valence-corrected chi connectivity index (χ3v) is 7.77. The summed E-state index contributed by atoms with van der Waals surface area (Å²) in [5, 5.41) is 4.84. The van der Waals surface area contributed by atoms with Gasteiger partial charge in [0, 0.05) is 35.6 Å². The molecule has 0 unspecified atom stereocenters. The van der Waals surface area contributed by atoms with Crippen molar-refractivity contribution in [2.24, 2.45) is 0 Å². The molecule has 8 heteroatoms. The molecular weight excluding hydrogens is 404 g/mol. The number of carbonyl (C=O) groups excluding carboxylic acids is 1. The number of rotatable bonds is 7. The van der Waals surface area contributed by atoms with Gasteiger partial charge in [-0.05, 0) is 51.5 Å². The van der Waals surface area contributed by atoms with Crippen molar-refractivity contribution in [3.05, 3.63) is 42.2 Å². The average molecular weight is 431 g/mol. The number of nitrogens with zero attached hydrogens (tertiary/aromatic N) is 2. The van der Waals surface area contributed by atoms with Crippen molar-refractivity contribution < 1.29 is 4.79 Å². The molecule has 0 fully saturated rings. The molecule has 0 saturated carbocycles. The molecule has 1 aliphatic carbocycles. The van der Waals surface area contributed by atoms with E-state index in [1.165, 1.54) is 46.2 Å². The second-order valence-electron chi connectivity index (χ2n) is 7.61. The number of thiazole rings is 1. The number of amides is 1. The number of aryl methyl sites for hydroxylation is 6. The van der Waals surface area contributed by atoms with Gasteiger partial charge < -0.3 is 10.3 Å². The maximum atomic E-state index is 12.3. The molecule has 0 aromatic carbocycles. The van der Waals surface area contributed by atoms with E-state index in [1.807, 2.05) is 25.2 Å². The third kappa shape index (κ3) is 4.59. The van der Waals surface area contributed by atoms with Crippen LogP contribution in [0.15, 0.2) is 4.79 Å². The topological polar surface area (TPSA) is 87.7 Å². The van der Waals surface area contributed by atoms with Crippen LogP contribution >= 0.6 is 22.7 Å². The summed E-state index contributed by atoms with van der Waals surface area (Å²) >= 11 is 3.37. The van der Waals surface area contributed by atoms with Crippen molar-refractivity contribution in [1.29, 1.82) is 0 Å². The Labute approximate surface area is 177 Å². The lowest BCUT2D eigenvalue weighted by Gasteiger charge is -2.06. The van der Waals surface area contributed by atoms with Gasteiger partial charge >= 0.3 is 0 Å². The molecule has 154 valence electrons. The summed E-state index contributed by atoms with van der Waals surface area (Å²) in [5.74, 6) is 0.567. The van der Waals surface area contributed by atoms with Crippen molar-refractivity contribution in [3.63, 3.8) is 0 Å². The van der Waals surface area contributed by atoms with Crippen molar-refractivity contribution in [1.82, 2.24) is 20.3 Å². The first kappa shape index (κ1) is 20.2. The first-order valence-electron chi connectivity index (χ1n) is 10.2. The normalized spacial score (nSPS) is 13.6. The molecule has 1 amide bonds. The molecule has 3 heterocycles. The summed E-state index contributed by atoms with van der Waals surface area (Å²) in [6, 6.07) is 0. The molecule has 6 nitrogen and oxygen atoms in total. The zero-order valence-corrected chi connectivity index (χ0v) is 18.5. The number of hydrogen-bond acceptors (Lipinski definition) is 6. The summed E-state index contributed by atoms with van der Waals surface area (Å²) in [6.45, 7) is 4.59. The smallest absolute Gasteiger partial charge is 0.259 e. The van der Waals surface area contributed by atoms with E-state index in [0.717, 1.165) is 34.5 Å². The molecule has 0 aliphatic heterocycles. The highest BCUT2D eigenvalue weighted by molar-refractivity contribution is 7.18. The number of fused-ring (bicyclic) bond motifs is 2. The first-order chi connectivity index (χ1) is 14.0. The number of thiophene rings is 1. The van der Waals surface area contributed by atoms with Gasteiger partial charge in [-0.1, -0.05) is 0 Å². The largest absolute Gasteiger partial charge is 0.356 e. The molecule has 2 N–H and O–H groups in total. The van der Waals surface area contributed by atoms with E-state index >= 15 is 0 Å². The second kappa shape index (κ2) is 8.75. The SMILES string of the molecule is Cc1sc2nc(CCC(=O)NCCCc3nc4c(s3)CCCC4)[nH]c(=O)c2c1C. The molecule has 3 aromatic rings. The van der Waals surface area contributed by atoms with E-state index in [1.54, 1.807) is 0 Å². The van der Waals surface area contributed by atoms with Crippen molar-refractivity contribution in [2.75, 3.05) is 6.54 Å². The Kier molecular flexibility index (Phi) is 6.10. The van der Waals surface area contributed by atoms with Crippen molar-refractivity contribution in [3.8, 4) is 0 Å². The number of H-pyrrole nitrogens is 1. The zero-order chi connectivity index (χ0) is 20.4. The highest BCUT2D eigenvalue weighted by Gasteiger charge is 2.15. The fourth-order valence-electron chi connectivity index (χ4n) is 3.72.